The minimum absolute atomic E-state index is 0.659. The number of rotatable bonds is 34. The highest BCUT2D eigenvalue weighted by Gasteiger charge is 2.33. The van der Waals surface area contributed by atoms with Crippen molar-refractivity contribution >= 4 is 11.3 Å². The van der Waals surface area contributed by atoms with Crippen LogP contribution in [0.3, 0.4) is 0 Å². The van der Waals surface area contributed by atoms with Crippen molar-refractivity contribution in [3.8, 4) is 0 Å². The average Bonchev–Trinajstić information content (AvgIpc) is 1.66. The summed E-state index contributed by atoms with van der Waals surface area (Å²) in [5.41, 5.74) is 6.22. The van der Waals surface area contributed by atoms with Crippen molar-refractivity contribution in [1.82, 2.24) is 0 Å². The lowest BCUT2D eigenvalue weighted by Gasteiger charge is -2.35. The number of allylic oxidation sites excluding steroid dienone is 4. The van der Waals surface area contributed by atoms with Gasteiger partial charge in [-0.1, -0.05) is 427 Å². The molecule has 1 fully saturated rings. The zero-order valence-electron chi connectivity index (χ0n) is 85.3. The van der Waals surface area contributed by atoms with Crippen molar-refractivity contribution in [1.29, 1.82) is 0 Å². The molecule has 4 aromatic rings. The number of benzene rings is 2. The first-order valence-electron chi connectivity index (χ1n) is 49.1. The molecule has 3 aliphatic rings. The molecule has 1 saturated carbocycles. The Morgan fingerprint density at radius 2 is 0.765 bits per heavy atom. The Bertz CT molecular complexity index is 2720. The Labute approximate surface area is 729 Å². The van der Waals surface area contributed by atoms with Gasteiger partial charge < -0.3 is 4.42 Å². The Morgan fingerprint density at radius 1 is 0.365 bits per heavy atom. The van der Waals surface area contributed by atoms with Crippen LogP contribution in [0.5, 0.6) is 0 Å². The molecule has 0 N–H and O–H groups in total. The average molecular weight is 1610 g/mol. The maximum Gasteiger partial charge on any atom is 0.104 e. The van der Waals surface area contributed by atoms with Crippen molar-refractivity contribution in [2.75, 3.05) is 0 Å². The molecule has 670 valence electrons. The first kappa shape index (κ1) is 114. The molecule has 0 radical (unpaired) electrons. The lowest BCUT2D eigenvalue weighted by atomic mass is 9.70. The molecular weight excluding hydrogens is 1410 g/mol. The second-order valence-electron chi connectivity index (χ2n) is 43.5. The Morgan fingerprint density at radius 3 is 1.07 bits per heavy atom. The lowest BCUT2D eigenvalue weighted by Crippen LogP contribution is -2.27. The Kier molecular flexibility index (Phi) is 62.3. The van der Waals surface area contributed by atoms with Gasteiger partial charge in [-0.3, -0.25) is 0 Å². The standard InChI is InChI=1S/C16H24.C15H24.C13H22.C13H26.C12H20O.C12H20S.2C11H24.C10H22/c1-11(2)16(12(3)4)15-9-13-7-5-6-8-14(13)10-15;1-11(2)15(12(3)4)13(5)14-9-7-6-8-10-14;1-10(2)13(11(3)4)9-12-7-5-6-8-12;1-10(2)13(11(3)4)12-8-6-5-7-9-12;2*1-9(2)12(10(3)4)8-11-6-5-7-13-11;1-8(2)7-11(9(3)4)10(5)6;1-7-10(6)11(8(2)3)9(4)5;1-6-7-10(8(2)3)9(4)5/h5-8,11-12,15-16H,9-10H2,1-4H3;6-13,15H,1-5H3;5,7-8,10-11,13H,6,9H2,1-4H3;10-13H,5-9H2,1-4H3;2*5-7,9-10,12H,8H2,1-4H3;2*8-11H,7H2,1-6H3;8-10H,6-7H2,1-5H3/t;;;;;;;10-;/m.......1./s1. The molecule has 0 amide bonds. The summed E-state index contributed by atoms with van der Waals surface area (Å²) in [4.78, 5) is 1.53. The lowest BCUT2D eigenvalue weighted by molar-refractivity contribution is 0.146. The monoisotopic (exact) mass is 1610 g/mol. The molecule has 2 aromatic carbocycles. The molecule has 3 aliphatic carbocycles. The summed E-state index contributed by atoms with van der Waals surface area (Å²) in [7, 11) is 0. The minimum Gasteiger partial charge on any atom is -0.469 e. The third-order valence-electron chi connectivity index (χ3n) is 27.5. The quantitative estimate of drug-likeness (QED) is 0.0454. The number of fused-ring (bicyclic) bond motifs is 1. The number of hydrogen-bond acceptors (Lipinski definition) is 2. The van der Waals surface area contributed by atoms with Crippen LogP contribution in [-0.2, 0) is 25.7 Å². The van der Waals surface area contributed by atoms with E-state index in [0.29, 0.717) is 5.92 Å². The molecule has 1 unspecified atom stereocenters. The van der Waals surface area contributed by atoms with Crippen LogP contribution in [-0.4, -0.2) is 0 Å². The third-order valence-corrected chi connectivity index (χ3v) is 28.4. The van der Waals surface area contributed by atoms with E-state index < -0.39 is 0 Å². The summed E-state index contributed by atoms with van der Waals surface area (Å²) < 4.78 is 5.36. The van der Waals surface area contributed by atoms with Gasteiger partial charge in [0.2, 0.25) is 0 Å². The van der Waals surface area contributed by atoms with Gasteiger partial charge in [-0.15, -0.1) is 11.3 Å². The summed E-state index contributed by atoms with van der Waals surface area (Å²) in [5, 5.41) is 2.17. The minimum atomic E-state index is 0.659. The van der Waals surface area contributed by atoms with Crippen LogP contribution in [0.15, 0.2) is 119 Å². The smallest absolute Gasteiger partial charge is 0.104 e. The molecule has 2 aromatic heterocycles. The highest BCUT2D eigenvalue weighted by molar-refractivity contribution is 7.09. The van der Waals surface area contributed by atoms with Crippen LogP contribution in [0.2, 0.25) is 0 Å². The maximum atomic E-state index is 5.36. The Hall–Kier alpha value is -3.10. The summed E-state index contributed by atoms with van der Waals surface area (Å²) in [6.45, 7) is 98.3. The van der Waals surface area contributed by atoms with Gasteiger partial charge in [0, 0.05) is 11.3 Å². The van der Waals surface area contributed by atoms with Crippen LogP contribution in [0.25, 0.3) is 0 Å². The molecule has 0 aliphatic heterocycles. The van der Waals surface area contributed by atoms with Crippen LogP contribution in [0.4, 0.5) is 0 Å². The van der Waals surface area contributed by atoms with Crippen LogP contribution >= 0.6 is 11.3 Å². The van der Waals surface area contributed by atoms with E-state index in [0.717, 1.165) is 202 Å². The van der Waals surface area contributed by atoms with Crippen molar-refractivity contribution < 1.29 is 4.42 Å². The number of hydrogen-bond donors (Lipinski definition) is 0. The molecule has 7 rings (SSSR count). The van der Waals surface area contributed by atoms with E-state index in [9.17, 15) is 0 Å². The summed E-state index contributed by atoms with van der Waals surface area (Å²) in [6.07, 6.45) is 28.9. The van der Waals surface area contributed by atoms with Gasteiger partial charge in [0.15, 0.2) is 0 Å². The fourth-order valence-corrected chi connectivity index (χ4v) is 22.7. The van der Waals surface area contributed by atoms with E-state index >= 15 is 0 Å². The van der Waals surface area contributed by atoms with Gasteiger partial charge in [0.1, 0.15) is 5.76 Å². The molecule has 1 nitrogen and oxygen atoms in total. The van der Waals surface area contributed by atoms with E-state index in [1.54, 1.807) is 23.0 Å². The van der Waals surface area contributed by atoms with Gasteiger partial charge in [-0.25, -0.2) is 0 Å². The molecule has 0 bridgehead atoms. The predicted octanol–water partition coefficient (Wildman–Crippen LogP) is 37.3. The van der Waals surface area contributed by atoms with Gasteiger partial charge in [0.25, 0.3) is 0 Å². The molecule has 2 heteroatoms. The van der Waals surface area contributed by atoms with Crippen molar-refractivity contribution in [3.05, 3.63) is 142 Å². The zero-order chi connectivity index (χ0) is 88.7. The zero-order valence-corrected chi connectivity index (χ0v) is 86.1. The number of thiophene rings is 1. The van der Waals surface area contributed by atoms with Gasteiger partial charge in [-0.2, -0.15) is 0 Å². The third kappa shape index (κ3) is 47.8. The molecule has 115 heavy (non-hydrogen) atoms. The summed E-state index contributed by atoms with van der Waals surface area (Å²) >= 11 is 1.89. The molecule has 2 heterocycles. The maximum absolute atomic E-state index is 5.36. The molecule has 0 saturated heterocycles. The SMILES string of the molecule is CC(C)C(C(C)C)C(C)c1ccccc1.CC(C)C(C(C)C)C1CCCCC1.CC(C)C(C(C)C)C1Cc2ccccc2C1.CC(C)C(CC1=CCC=C1)C(C)C.CC(C)C(Cc1ccco1)C(C)C.CC(C)C(Cc1cccs1)C(C)C.CC(C)CC(C(C)C)C(C)C.CCCC(C(C)C)C(C)C.CC[C@@H](C)C(C(C)C)C(C)C. The highest BCUT2D eigenvalue weighted by Crippen LogP contribution is 2.41. The van der Waals surface area contributed by atoms with Crippen LogP contribution in [0, 0.1) is 183 Å². The van der Waals surface area contributed by atoms with E-state index in [1.165, 1.54) is 93.9 Å². The second-order valence-corrected chi connectivity index (χ2v) is 44.6. The predicted molar refractivity (Wildman–Crippen MR) is 528 cm³/mol. The van der Waals surface area contributed by atoms with Crippen molar-refractivity contribution in [2.45, 2.75) is 393 Å². The summed E-state index contributed by atoms with van der Waals surface area (Å²) in [5.74, 6) is 27.8. The second kappa shape index (κ2) is 62.9. The number of furan rings is 1. The normalized spacial score (nSPS) is 14.6. The van der Waals surface area contributed by atoms with Gasteiger partial charge in [-0.05, 0) is 268 Å². The van der Waals surface area contributed by atoms with Gasteiger partial charge >= 0.3 is 0 Å². The first-order valence-corrected chi connectivity index (χ1v) is 50.0. The van der Waals surface area contributed by atoms with Crippen LogP contribution < -0.4 is 0 Å². The molecule has 0 spiro atoms. The first-order chi connectivity index (χ1) is 53.6. The van der Waals surface area contributed by atoms with Crippen molar-refractivity contribution in [3.63, 3.8) is 0 Å². The highest BCUT2D eigenvalue weighted by atomic mass is 32.1. The molecular formula is C113H206OS. The van der Waals surface area contributed by atoms with E-state index in [-0.39, 0.29) is 0 Å². The van der Waals surface area contributed by atoms with Gasteiger partial charge in [0.05, 0.1) is 6.26 Å². The largest absolute Gasteiger partial charge is 0.469 e. The molecule has 2 atom stereocenters. The fourth-order valence-electron chi connectivity index (χ4n) is 22.0. The van der Waals surface area contributed by atoms with E-state index in [1.807, 2.05) is 17.4 Å². The van der Waals surface area contributed by atoms with Crippen molar-refractivity contribution in [2.24, 2.45) is 183 Å². The van der Waals surface area contributed by atoms with E-state index in [2.05, 4.69) is 387 Å². The topological polar surface area (TPSA) is 13.1 Å². The Balaban J connectivity index is 0. The van der Waals surface area contributed by atoms with E-state index in [4.69, 9.17) is 4.42 Å². The summed E-state index contributed by atoms with van der Waals surface area (Å²) in [6, 6.07) is 28.3. The fraction of sp³-hybridized carbons (Fsp3) is 0.788. The van der Waals surface area contributed by atoms with Crippen LogP contribution in [0.1, 0.15) is 395 Å².